The predicted molar refractivity (Wildman–Crippen MR) is 108 cm³/mol. The molecule has 0 aliphatic heterocycles. The first-order valence-corrected chi connectivity index (χ1v) is 10.3. The molecule has 1 aromatic carbocycles. The van der Waals surface area contributed by atoms with Crippen molar-refractivity contribution in [1.29, 1.82) is 0 Å². The molecule has 0 spiro atoms. The van der Waals surface area contributed by atoms with Gasteiger partial charge in [0, 0.05) is 5.56 Å². The number of hydrogen-bond acceptors (Lipinski definition) is 7. The lowest BCUT2D eigenvalue weighted by Crippen LogP contribution is -2.42. The van der Waals surface area contributed by atoms with Crippen molar-refractivity contribution in [1.82, 2.24) is 15.3 Å². The molecule has 0 unspecified atom stereocenters. The standard InChI is InChI=1S/C19H23N3O6S/c1-3-27-18(25)15-14(21-19(26)22-15)11-28-17(24)13(9-10-29-2)20-16(23)12-7-5-4-6-8-12/h4-8,13H,3,9-11H2,1-2H3,(H,20,23)(H2,21,22,26)/t13-/m0/s1. The Labute approximate surface area is 171 Å². The van der Waals surface area contributed by atoms with Crippen LogP contribution in [0.4, 0.5) is 0 Å². The van der Waals surface area contributed by atoms with Crippen LogP contribution in [0.2, 0.25) is 0 Å². The first kappa shape index (κ1) is 22.3. The van der Waals surface area contributed by atoms with Crippen LogP contribution in [0.1, 0.15) is 39.9 Å². The maximum atomic E-state index is 12.5. The van der Waals surface area contributed by atoms with Crippen molar-refractivity contribution in [3.8, 4) is 0 Å². The second-order valence-corrected chi connectivity index (χ2v) is 6.92. The lowest BCUT2D eigenvalue weighted by molar-refractivity contribution is -0.147. The molecule has 10 heteroatoms. The van der Waals surface area contributed by atoms with Crippen LogP contribution < -0.4 is 11.0 Å². The van der Waals surface area contributed by atoms with E-state index in [-0.39, 0.29) is 24.6 Å². The van der Waals surface area contributed by atoms with E-state index >= 15 is 0 Å². The summed E-state index contributed by atoms with van der Waals surface area (Å²) in [5.74, 6) is -1.16. The van der Waals surface area contributed by atoms with Crippen LogP contribution in [0.25, 0.3) is 0 Å². The fraction of sp³-hybridized carbons (Fsp3) is 0.368. The van der Waals surface area contributed by atoms with E-state index in [0.29, 0.717) is 17.7 Å². The van der Waals surface area contributed by atoms with Crippen molar-refractivity contribution < 1.29 is 23.9 Å². The van der Waals surface area contributed by atoms with E-state index < -0.39 is 29.6 Å². The number of carbonyl (C=O) groups excluding carboxylic acids is 3. The summed E-state index contributed by atoms with van der Waals surface area (Å²) < 4.78 is 10.1. The third-order valence-electron chi connectivity index (χ3n) is 3.88. The topological polar surface area (TPSA) is 130 Å². The summed E-state index contributed by atoms with van der Waals surface area (Å²) in [6.45, 7) is 1.42. The normalized spacial score (nSPS) is 11.5. The number of ether oxygens (including phenoxy) is 2. The molecule has 3 N–H and O–H groups in total. The zero-order valence-electron chi connectivity index (χ0n) is 16.2. The molecule has 2 rings (SSSR count). The van der Waals surface area contributed by atoms with Crippen LogP contribution in [-0.2, 0) is 20.9 Å². The van der Waals surface area contributed by atoms with Crippen molar-refractivity contribution in [2.75, 3.05) is 18.6 Å². The number of aromatic amines is 2. The minimum atomic E-state index is -0.869. The Morgan fingerprint density at radius 2 is 1.86 bits per heavy atom. The molecule has 0 radical (unpaired) electrons. The molecule has 1 atom stereocenters. The van der Waals surface area contributed by atoms with E-state index in [1.165, 1.54) is 11.8 Å². The molecule has 9 nitrogen and oxygen atoms in total. The first-order chi connectivity index (χ1) is 14.0. The van der Waals surface area contributed by atoms with Gasteiger partial charge in [-0.1, -0.05) is 18.2 Å². The highest BCUT2D eigenvalue weighted by molar-refractivity contribution is 7.98. The summed E-state index contributed by atoms with van der Waals surface area (Å²) in [6, 6.07) is 7.65. The van der Waals surface area contributed by atoms with Gasteiger partial charge >= 0.3 is 17.6 Å². The number of rotatable bonds is 10. The Bertz CT molecular complexity index is 893. The van der Waals surface area contributed by atoms with Crippen LogP contribution >= 0.6 is 11.8 Å². The monoisotopic (exact) mass is 421 g/mol. The Balaban J connectivity index is 2.06. The smallest absolute Gasteiger partial charge is 0.356 e. The van der Waals surface area contributed by atoms with Gasteiger partial charge in [0.25, 0.3) is 5.91 Å². The maximum Gasteiger partial charge on any atom is 0.356 e. The first-order valence-electron chi connectivity index (χ1n) is 8.96. The summed E-state index contributed by atoms with van der Waals surface area (Å²) >= 11 is 1.53. The number of nitrogens with one attached hydrogen (secondary N) is 3. The zero-order chi connectivity index (χ0) is 21.2. The SMILES string of the molecule is CCOC(=O)c1[nH]c(=O)[nH]c1COC(=O)[C@H](CCSC)NC(=O)c1ccccc1. The molecule has 0 bridgehead atoms. The van der Waals surface area contributed by atoms with E-state index in [1.807, 2.05) is 6.26 Å². The number of H-pyrrole nitrogens is 2. The van der Waals surface area contributed by atoms with Gasteiger partial charge in [0.15, 0.2) is 5.69 Å². The molecular weight excluding hydrogens is 398 g/mol. The Morgan fingerprint density at radius 3 is 2.52 bits per heavy atom. The summed E-state index contributed by atoms with van der Waals surface area (Å²) in [4.78, 5) is 53.1. The van der Waals surface area contributed by atoms with Crippen molar-refractivity contribution in [3.63, 3.8) is 0 Å². The van der Waals surface area contributed by atoms with Crippen LogP contribution in [-0.4, -0.2) is 52.5 Å². The molecule has 0 aliphatic rings. The van der Waals surface area contributed by atoms with E-state index in [9.17, 15) is 19.2 Å². The van der Waals surface area contributed by atoms with Crippen LogP contribution in [0.3, 0.4) is 0 Å². The quantitative estimate of drug-likeness (QED) is 0.495. The third-order valence-corrected chi connectivity index (χ3v) is 4.52. The number of carbonyl (C=O) groups is 3. The lowest BCUT2D eigenvalue weighted by Gasteiger charge is -2.17. The number of amides is 1. The highest BCUT2D eigenvalue weighted by atomic mass is 32.2. The maximum absolute atomic E-state index is 12.5. The molecular formula is C19H23N3O6S. The number of esters is 2. The van der Waals surface area contributed by atoms with E-state index in [1.54, 1.807) is 37.3 Å². The van der Waals surface area contributed by atoms with Crippen molar-refractivity contribution >= 4 is 29.6 Å². The van der Waals surface area contributed by atoms with Gasteiger partial charge in [-0.25, -0.2) is 14.4 Å². The van der Waals surface area contributed by atoms with Crippen molar-refractivity contribution in [3.05, 3.63) is 57.8 Å². The molecule has 0 saturated heterocycles. The Hall–Kier alpha value is -3.01. The largest absolute Gasteiger partial charge is 0.461 e. The fourth-order valence-electron chi connectivity index (χ4n) is 2.47. The molecule has 1 amide bonds. The fourth-order valence-corrected chi connectivity index (χ4v) is 2.94. The van der Waals surface area contributed by atoms with Gasteiger partial charge in [-0.05, 0) is 37.5 Å². The molecule has 0 saturated carbocycles. The average Bonchev–Trinajstić information content (AvgIpc) is 3.10. The molecule has 156 valence electrons. The highest BCUT2D eigenvalue weighted by Crippen LogP contribution is 2.09. The average molecular weight is 421 g/mol. The van der Waals surface area contributed by atoms with Crippen molar-refractivity contribution in [2.24, 2.45) is 0 Å². The molecule has 2 aromatic rings. The van der Waals surface area contributed by atoms with Crippen LogP contribution in [0.5, 0.6) is 0 Å². The van der Waals surface area contributed by atoms with Gasteiger partial charge in [-0.3, -0.25) is 9.78 Å². The predicted octanol–water partition coefficient (Wildman–Crippen LogP) is 1.47. The Morgan fingerprint density at radius 1 is 1.14 bits per heavy atom. The van der Waals surface area contributed by atoms with Gasteiger partial charge in [-0.15, -0.1) is 0 Å². The summed E-state index contributed by atoms with van der Waals surface area (Å²) in [5.41, 5.74) is -0.192. The van der Waals surface area contributed by atoms with Gasteiger partial charge < -0.3 is 19.8 Å². The summed E-state index contributed by atoms with van der Waals surface area (Å²) in [5, 5.41) is 2.67. The van der Waals surface area contributed by atoms with Crippen LogP contribution in [0, 0.1) is 0 Å². The Kier molecular flexibility index (Phi) is 8.53. The van der Waals surface area contributed by atoms with Crippen molar-refractivity contribution in [2.45, 2.75) is 26.0 Å². The van der Waals surface area contributed by atoms with E-state index in [0.717, 1.165) is 0 Å². The number of aromatic nitrogens is 2. The number of thioether (sulfide) groups is 1. The minimum Gasteiger partial charge on any atom is -0.461 e. The molecule has 1 aromatic heterocycles. The number of hydrogen-bond donors (Lipinski definition) is 3. The highest BCUT2D eigenvalue weighted by Gasteiger charge is 2.24. The molecule has 1 heterocycles. The second kappa shape index (κ2) is 11.1. The van der Waals surface area contributed by atoms with Gasteiger partial charge in [0.1, 0.15) is 12.6 Å². The molecule has 29 heavy (non-hydrogen) atoms. The molecule has 0 aliphatic carbocycles. The third kappa shape index (κ3) is 6.53. The number of imidazole rings is 1. The molecule has 0 fully saturated rings. The second-order valence-electron chi connectivity index (χ2n) is 5.93. The van der Waals surface area contributed by atoms with Crippen LogP contribution in [0.15, 0.2) is 35.1 Å². The van der Waals surface area contributed by atoms with Gasteiger partial charge in [-0.2, -0.15) is 11.8 Å². The van der Waals surface area contributed by atoms with E-state index in [4.69, 9.17) is 9.47 Å². The summed E-state index contributed by atoms with van der Waals surface area (Å²) in [6.07, 6.45) is 2.25. The number of benzene rings is 1. The minimum absolute atomic E-state index is 0.0970. The van der Waals surface area contributed by atoms with E-state index in [2.05, 4.69) is 15.3 Å². The van der Waals surface area contributed by atoms with Gasteiger partial charge in [0.2, 0.25) is 0 Å². The lowest BCUT2D eigenvalue weighted by atomic mass is 10.1. The van der Waals surface area contributed by atoms with Gasteiger partial charge in [0.05, 0.1) is 12.3 Å². The zero-order valence-corrected chi connectivity index (χ0v) is 17.0. The summed E-state index contributed by atoms with van der Waals surface area (Å²) in [7, 11) is 0.